The minimum atomic E-state index is -0.560. The van der Waals surface area contributed by atoms with Crippen molar-refractivity contribution in [3.05, 3.63) is 30.3 Å². The summed E-state index contributed by atoms with van der Waals surface area (Å²) in [7, 11) is 0. The molecule has 0 aliphatic carbocycles. The number of carbonyl (C=O) groups is 2. The van der Waals surface area contributed by atoms with Crippen LogP contribution in [0.5, 0.6) is 0 Å². The van der Waals surface area contributed by atoms with Gasteiger partial charge in [-0.25, -0.2) is 9.78 Å². The van der Waals surface area contributed by atoms with Crippen molar-refractivity contribution in [2.45, 2.75) is 33.1 Å². The summed E-state index contributed by atoms with van der Waals surface area (Å²) in [5, 5.41) is 6.49. The zero-order valence-corrected chi connectivity index (χ0v) is 14.6. The number of ether oxygens (including phenoxy) is 1. The molecule has 1 aromatic carbocycles. The lowest BCUT2D eigenvalue weighted by Crippen LogP contribution is -2.12. The standard InChI is InChI=1S/C17H21N3O3S/c1-3-5-11-13(21)18-15-14(12-9-7-6-8-10-12)19-16(24-15)20-17(22)23-4-2/h6-10H,3-5,11H2,1-2H3,(H,18,21)(H,19,20,22). The van der Waals surface area contributed by atoms with E-state index >= 15 is 0 Å². The number of amides is 2. The predicted octanol–water partition coefficient (Wildman–Crippen LogP) is 4.51. The molecule has 0 unspecified atom stereocenters. The average molecular weight is 347 g/mol. The lowest BCUT2D eigenvalue weighted by Gasteiger charge is -2.04. The summed E-state index contributed by atoms with van der Waals surface area (Å²) in [6.07, 6.45) is 1.69. The molecule has 0 atom stereocenters. The lowest BCUT2D eigenvalue weighted by molar-refractivity contribution is -0.116. The molecule has 0 fully saturated rings. The van der Waals surface area contributed by atoms with Gasteiger partial charge >= 0.3 is 6.09 Å². The van der Waals surface area contributed by atoms with Crippen LogP contribution in [0.15, 0.2) is 30.3 Å². The first kappa shape index (κ1) is 17.9. The third-order valence-corrected chi connectivity index (χ3v) is 4.06. The monoisotopic (exact) mass is 347 g/mol. The van der Waals surface area contributed by atoms with Gasteiger partial charge in [0.2, 0.25) is 5.91 Å². The maximum absolute atomic E-state index is 12.0. The van der Waals surface area contributed by atoms with Crippen molar-refractivity contribution in [3.8, 4) is 11.3 Å². The summed E-state index contributed by atoms with van der Waals surface area (Å²) < 4.78 is 4.86. The summed E-state index contributed by atoms with van der Waals surface area (Å²) in [5.74, 6) is -0.0552. The molecule has 2 rings (SSSR count). The summed E-state index contributed by atoms with van der Waals surface area (Å²) in [6.45, 7) is 4.05. The summed E-state index contributed by atoms with van der Waals surface area (Å²) in [5.41, 5.74) is 1.51. The van der Waals surface area contributed by atoms with E-state index in [1.54, 1.807) is 6.92 Å². The number of nitrogens with one attached hydrogen (secondary N) is 2. The summed E-state index contributed by atoms with van der Waals surface area (Å²) >= 11 is 1.22. The highest BCUT2D eigenvalue weighted by molar-refractivity contribution is 7.20. The van der Waals surface area contributed by atoms with Gasteiger partial charge in [-0.15, -0.1) is 0 Å². The van der Waals surface area contributed by atoms with Crippen LogP contribution in [0.4, 0.5) is 14.9 Å². The topological polar surface area (TPSA) is 80.3 Å². The molecule has 2 N–H and O–H groups in total. The minimum absolute atomic E-state index is 0.0552. The number of unbranched alkanes of at least 4 members (excludes halogenated alkanes) is 1. The zero-order chi connectivity index (χ0) is 17.4. The SMILES string of the molecule is CCCCC(=O)Nc1sc(NC(=O)OCC)nc1-c1ccccc1. The van der Waals surface area contributed by atoms with E-state index in [4.69, 9.17) is 4.74 Å². The van der Waals surface area contributed by atoms with E-state index < -0.39 is 6.09 Å². The van der Waals surface area contributed by atoms with Crippen LogP contribution in [0.3, 0.4) is 0 Å². The lowest BCUT2D eigenvalue weighted by atomic mass is 10.1. The van der Waals surface area contributed by atoms with Crippen LogP contribution in [0, 0.1) is 0 Å². The average Bonchev–Trinajstić information content (AvgIpc) is 2.96. The second-order valence-electron chi connectivity index (χ2n) is 5.06. The minimum Gasteiger partial charge on any atom is -0.450 e. The molecule has 0 radical (unpaired) electrons. The van der Waals surface area contributed by atoms with Crippen molar-refractivity contribution < 1.29 is 14.3 Å². The van der Waals surface area contributed by atoms with Crippen molar-refractivity contribution in [2.75, 3.05) is 17.2 Å². The van der Waals surface area contributed by atoms with Crippen LogP contribution >= 0.6 is 11.3 Å². The van der Waals surface area contributed by atoms with Gasteiger partial charge in [-0.1, -0.05) is 55.0 Å². The van der Waals surface area contributed by atoms with Gasteiger partial charge in [0, 0.05) is 12.0 Å². The van der Waals surface area contributed by atoms with Crippen LogP contribution in [-0.2, 0) is 9.53 Å². The third-order valence-electron chi connectivity index (χ3n) is 3.17. The molecule has 1 heterocycles. The Morgan fingerprint density at radius 1 is 1.17 bits per heavy atom. The number of benzene rings is 1. The molecule has 0 aliphatic rings. The fourth-order valence-electron chi connectivity index (χ4n) is 2.03. The van der Waals surface area contributed by atoms with E-state index in [9.17, 15) is 9.59 Å². The molecule has 128 valence electrons. The number of rotatable bonds is 7. The number of nitrogens with zero attached hydrogens (tertiary/aromatic N) is 1. The van der Waals surface area contributed by atoms with E-state index in [0.717, 1.165) is 18.4 Å². The Balaban J connectivity index is 2.24. The Kier molecular flexibility index (Phi) is 6.74. The van der Waals surface area contributed by atoms with Crippen LogP contribution in [0.25, 0.3) is 11.3 Å². The van der Waals surface area contributed by atoms with Crippen molar-refractivity contribution in [3.63, 3.8) is 0 Å². The Bertz CT molecular complexity index is 686. The number of carbonyl (C=O) groups excluding carboxylic acids is 2. The molecule has 0 bridgehead atoms. The largest absolute Gasteiger partial charge is 0.450 e. The molecule has 2 amide bonds. The van der Waals surface area contributed by atoms with E-state index in [1.165, 1.54) is 11.3 Å². The molecular formula is C17H21N3O3S. The van der Waals surface area contributed by atoms with E-state index in [1.807, 2.05) is 37.3 Å². The maximum Gasteiger partial charge on any atom is 0.413 e. The van der Waals surface area contributed by atoms with Gasteiger partial charge in [-0.3, -0.25) is 10.1 Å². The highest BCUT2D eigenvalue weighted by atomic mass is 32.1. The first-order chi connectivity index (χ1) is 11.6. The van der Waals surface area contributed by atoms with Crippen molar-refractivity contribution in [2.24, 2.45) is 0 Å². The van der Waals surface area contributed by atoms with Gasteiger partial charge in [0.05, 0.1) is 6.61 Å². The van der Waals surface area contributed by atoms with Gasteiger partial charge in [-0.05, 0) is 13.3 Å². The van der Waals surface area contributed by atoms with Crippen LogP contribution in [0.1, 0.15) is 33.1 Å². The highest BCUT2D eigenvalue weighted by Gasteiger charge is 2.17. The van der Waals surface area contributed by atoms with Crippen LogP contribution < -0.4 is 10.6 Å². The fraction of sp³-hybridized carbons (Fsp3) is 0.353. The summed E-state index contributed by atoms with van der Waals surface area (Å²) in [6, 6.07) is 9.52. The Hall–Kier alpha value is -2.41. The zero-order valence-electron chi connectivity index (χ0n) is 13.8. The molecule has 0 saturated carbocycles. The molecule has 24 heavy (non-hydrogen) atoms. The van der Waals surface area contributed by atoms with Crippen LogP contribution in [0.2, 0.25) is 0 Å². The van der Waals surface area contributed by atoms with Crippen molar-refractivity contribution in [1.82, 2.24) is 4.98 Å². The number of hydrogen-bond donors (Lipinski definition) is 2. The number of aromatic nitrogens is 1. The van der Waals surface area contributed by atoms with Gasteiger partial charge in [-0.2, -0.15) is 0 Å². The molecule has 2 aromatic rings. The van der Waals surface area contributed by atoms with Crippen molar-refractivity contribution in [1.29, 1.82) is 0 Å². The van der Waals surface area contributed by atoms with E-state index in [0.29, 0.717) is 22.2 Å². The third kappa shape index (κ3) is 5.06. The second kappa shape index (κ2) is 9.02. The second-order valence-corrected chi connectivity index (χ2v) is 6.06. The molecule has 0 saturated heterocycles. The van der Waals surface area contributed by atoms with Gasteiger partial charge in [0.1, 0.15) is 10.7 Å². The molecule has 6 nitrogen and oxygen atoms in total. The maximum atomic E-state index is 12.0. The Morgan fingerprint density at radius 2 is 1.92 bits per heavy atom. The normalized spacial score (nSPS) is 10.2. The molecule has 7 heteroatoms. The van der Waals surface area contributed by atoms with E-state index in [2.05, 4.69) is 15.6 Å². The number of thiazole rings is 1. The molecule has 1 aromatic heterocycles. The number of anilines is 2. The van der Waals surface area contributed by atoms with E-state index in [-0.39, 0.29) is 12.5 Å². The first-order valence-electron chi connectivity index (χ1n) is 7.93. The molecule has 0 spiro atoms. The predicted molar refractivity (Wildman–Crippen MR) is 96.3 cm³/mol. The van der Waals surface area contributed by atoms with Gasteiger partial charge < -0.3 is 10.1 Å². The smallest absolute Gasteiger partial charge is 0.413 e. The van der Waals surface area contributed by atoms with Gasteiger partial charge in [0.15, 0.2) is 5.13 Å². The molecule has 0 aliphatic heterocycles. The van der Waals surface area contributed by atoms with Gasteiger partial charge in [0.25, 0.3) is 0 Å². The fourth-order valence-corrected chi connectivity index (χ4v) is 2.92. The quantitative estimate of drug-likeness (QED) is 0.772. The summed E-state index contributed by atoms with van der Waals surface area (Å²) in [4.78, 5) is 28.1. The first-order valence-corrected chi connectivity index (χ1v) is 8.75. The van der Waals surface area contributed by atoms with Crippen molar-refractivity contribution >= 4 is 33.5 Å². The Labute approximate surface area is 145 Å². The Morgan fingerprint density at radius 3 is 2.58 bits per heavy atom. The number of hydrogen-bond acceptors (Lipinski definition) is 5. The van der Waals surface area contributed by atoms with Crippen LogP contribution in [-0.4, -0.2) is 23.6 Å². The molecular weight excluding hydrogens is 326 g/mol. The highest BCUT2D eigenvalue weighted by Crippen LogP contribution is 2.36.